The highest BCUT2D eigenvalue weighted by atomic mass is 32.2. The van der Waals surface area contributed by atoms with Gasteiger partial charge >= 0.3 is 11.9 Å². The second-order valence-corrected chi connectivity index (χ2v) is 7.32. The molecular weight excluding hydrogens is 412 g/mol. The van der Waals surface area contributed by atoms with Crippen molar-refractivity contribution in [1.82, 2.24) is 10.3 Å². The molecule has 1 heterocycles. The Labute approximate surface area is 174 Å². The number of aromatic nitrogens is 1. The van der Waals surface area contributed by atoms with Gasteiger partial charge in [-0.1, -0.05) is 12.1 Å². The van der Waals surface area contributed by atoms with Crippen molar-refractivity contribution in [3.8, 4) is 11.5 Å². The molecule has 0 spiro atoms. The van der Waals surface area contributed by atoms with Gasteiger partial charge in [-0.05, 0) is 35.7 Å². The van der Waals surface area contributed by atoms with Crippen LogP contribution in [-0.4, -0.2) is 55.6 Å². The Bertz CT molecular complexity index is 1130. The Balaban J connectivity index is 1.65. The maximum Gasteiger partial charge on any atom is 0.354 e. The lowest BCUT2D eigenvalue weighted by molar-refractivity contribution is 0.0683. The molecule has 0 saturated carbocycles. The molecule has 1 amide bonds. The standard InChI is InChI=1S/C20H16N2O7S/c23-16-3-1-2-10-6-13(17(24)9-12(10)16)18(25)21-4-5-30-11-7-14(19(26)27)22-15(8-11)20(28)29/h1-3,6-9,23-24H,4-5H2,(H,21,25)(H,26,27)(H,28,29). The topological polar surface area (TPSA) is 157 Å². The van der Waals surface area contributed by atoms with Crippen LogP contribution < -0.4 is 5.32 Å². The number of rotatable bonds is 7. The molecule has 0 radical (unpaired) electrons. The lowest BCUT2D eigenvalue weighted by Gasteiger charge is -2.09. The molecule has 9 nitrogen and oxygen atoms in total. The van der Waals surface area contributed by atoms with E-state index in [0.29, 0.717) is 21.4 Å². The van der Waals surface area contributed by atoms with Crippen LogP contribution in [0.3, 0.4) is 0 Å². The minimum atomic E-state index is -1.34. The van der Waals surface area contributed by atoms with E-state index in [-0.39, 0.29) is 35.0 Å². The number of amides is 1. The van der Waals surface area contributed by atoms with Crippen molar-refractivity contribution in [2.24, 2.45) is 0 Å². The fourth-order valence-electron chi connectivity index (χ4n) is 2.72. The number of benzene rings is 2. The van der Waals surface area contributed by atoms with Crippen LogP contribution in [0.5, 0.6) is 11.5 Å². The summed E-state index contributed by atoms with van der Waals surface area (Å²) in [7, 11) is 0. The highest BCUT2D eigenvalue weighted by molar-refractivity contribution is 7.99. The molecule has 1 aromatic heterocycles. The first-order valence-electron chi connectivity index (χ1n) is 8.60. The third kappa shape index (κ3) is 4.61. The van der Waals surface area contributed by atoms with Crippen molar-refractivity contribution in [2.45, 2.75) is 4.90 Å². The summed E-state index contributed by atoms with van der Waals surface area (Å²) in [5.74, 6) is -3.17. The van der Waals surface area contributed by atoms with Crippen molar-refractivity contribution < 1.29 is 34.8 Å². The zero-order chi connectivity index (χ0) is 21.8. The van der Waals surface area contributed by atoms with Gasteiger partial charge in [0.15, 0.2) is 0 Å². The SMILES string of the molecule is O=C(O)c1cc(SCCNC(=O)c2cc3cccc(O)c3cc2O)cc(C(=O)O)n1. The number of carbonyl (C=O) groups is 3. The van der Waals surface area contributed by atoms with Crippen LogP contribution in [-0.2, 0) is 0 Å². The summed E-state index contributed by atoms with van der Waals surface area (Å²) >= 11 is 1.15. The van der Waals surface area contributed by atoms with Gasteiger partial charge in [0.05, 0.1) is 5.56 Å². The molecule has 154 valence electrons. The Morgan fingerprint density at radius 2 is 1.60 bits per heavy atom. The molecule has 0 aliphatic carbocycles. The first kappa shape index (κ1) is 20.9. The van der Waals surface area contributed by atoms with Crippen LogP contribution in [0.25, 0.3) is 10.8 Å². The van der Waals surface area contributed by atoms with E-state index < -0.39 is 17.8 Å². The number of nitrogens with one attached hydrogen (secondary N) is 1. The average Bonchev–Trinajstić information content (AvgIpc) is 2.71. The monoisotopic (exact) mass is 428 g/mol. The fraction of sp³-hybridized carbons (Fsp3) is 0.100. The first-order valence-corrected chi connectivity index (χ1v) is 9.59. The Morgan fingerprint density at radius 1 is 0.933 bits per heavy atom. The number of carboxylic acids is 2. The van der Waals surface area contributed by atoms with Crippen LogP contribution in [0.15, 0.2) is 47.4 Å². The molecule has 10 heteroatoms. The number of pyridine rings is 1. The van der Waals surface area contributed by atoms with Crippen LogP contribution in [0.2, 0.25) is 0 Å². The fourth-order valence-corrected chi connectivity index (χ4v) is 3.55. The predicted octanol–water partition coefficient (Wildman–Crippen LogP) is 2.56. The minimum absolute atomic E-state index is 0.00929. The molecule has 3 rings (SSSR count). The number of fused-ring (bicyclic) bond motifs is 1. The maximum absolute atomic E-state index is 12.4. The normalized spacial score (nSPS) is 10.7. The molecule has 0 unspecified atom stereocenters. The van der Waals surface area contributed by atoms with Gasteiger partial charge in [0.25, 0.3) is 5.91 Å². The summed E-state index contributed by atoms with van der Waals surface area (Å²) in [6, 6.07) is 10.1. The number of hydrogen-bond donors (Lipinski definition) is 5. The van der Waals surface area contributed by atoms with E-state index in [1.165, 1.54) is 30.3 Å². The molecular formula is C20H16N2O7S. The molecule has 0 atom stereocenters. The van der Waals surface area contributed by atoms with Crippen LogP contribution in [0.4, 0.5) is 0 Å². The summed E-state index contributed by atoms with van der Waals surface area (Å²) in [4.78, 5) is 38.5. The van der Waals surface area contributed by atoms with Crippen molar-refractivity contribution in [3.05, 3.63) is 59.4 Å². The lowest BCUT2D eigenvalue weighted by Crippen LogP contribution is -2.25. The molecule has 0 aliphatic rings. The van der Waals surface area contributed by atoms with Gasteiger partial charge in [-0.15, -0.1) is 11.8 Å². The lowest BCUT2D eigenvalue weighted by atomic mass is 10.0. The minimum Gasteiger partial charge on any atom is -0.507 e. The smallest absolute Gasteiger partial charge is 0.354 e. The number of thioether (sulfide) groups is 1. The number of aromatic carboxylic acids is 2. The van der Waals surface area contributed by atoms with E-state index in [4.69, 9.17) is 10.2 Å². The van der Waals surface area contributed by atoms with E-state index >= 15 is 0 Å². The van der Waals surface area contributed by atoms with Gasteiger partial charge in [-0.2, -0.15) is 0 Å². The van der Waals surface area contributed by atoms with Crippen molar-refractivity contribution in [1.29, 1.82) is 0 Å². The molecule has 5 N–H and O–H groups in total. The van der Waals surface area contributed by atoms with Crippen LogP contribution in [0, 0.1) is 0 Å². The molecule has 2 aromatic carbocycles. The highest BCUT2D eigenvalue weighted by Gasteiger charge is 2.15. The summed E-state index contributed by atoms with van der Waals surface area (Å²) in [6.45, 7) is 0.175. The van der Waals surface area contributed by atoms with Crippen LogP contribution >= 0.6 is 11.8 Å². The Hall–Kier alpha value is -3.79. The van der Waals surface area contributed by atoms with Gasteiger partial charge in [-0.25, -0.2) is 14.6 Å². The van der Waals surface area contributed by atoms with Gasteiger partial charge in [-0.3, -0.25) is 4.79 Å². The number of hydrogen-bond acceptors (Lipinski definition) is 7. The van der Waals surface area contributed by atoms with E-state index in [1.54, 1.807) is 12.1 Å². The van der Waals surface area contributed by atoms with Gasteiger partial charge in [0.2, 0.25) is 0 Å². The van der Waals surface area contributed by atoms with Crippen molar-refractivity contribution in [3.63, 3.8) is 0 Å². The number of nitrogens with zero attached hydrogens (tertiary/aromatic N) is 1. The predicted molar refractivity (Wildman–Crippen MR) is 108 cm³/mol. The molecule has 0 bridgehead atoms. The third-order valence-electron chi connectivity index (χ3n) is 4.11. The largest absolute Gasteiger partial charge is 0.507 e. The second kappa shape index (κ2) is 8.70. The molecule has 0 fully saturated rings. The molecule has 3 aromatic rings. The van der Waals surface area contributed by atoms with Crippen molar-refractivity contribution in [2.75, 3.05) is 12.3 Å². The van der Waals surface area contributed by atoms with E-state index in [1.807, 2.05) is 0 Å². The Kier molecular flexibility index (Phi) is 6.07. The zero-order valence-electron chi connectivity index (χ0n) is 15.3. The molecule has 0 saturated heterocycles. The van der Waals surface area contributed by atoms with E-state index in [2.05, 4.69) is 10.3 Å². The third-order valence-corrected chi connectivity index (χ3v) is 5.09. The van der Waals surface area contributed by atoms with Gasteiger partial charge < -0.3 is 25.7 Å². The Morgan fingerprint density at radius 3 is 2.23 bits per heavy atom. The van der Waals surface area contributed by atoms with Gasteiger partial charge in [0, 0.05) is 22.6 Å². The number of phenols is 2. The van der Waals surface area contributed by atoms with Crippen LogP contribution in [0.1, 0.15) is 31.3 Å². The summed E-state index contributed by atoms with van der Waals surface area (Å²) in [6.07, 6.45) is 0. The van der Waals surface area contributed by atoms with E-state index in [9.17, 15) is 24.6 Å². The second-order valence-electron chi connectivity index (χ2n) is 6.16. The summed E-state index contributed by atoms with van der Waals surface area (Å²) < 4.78 is 0. The number of phenolic OH excluding ortho intramolecular Hbond substituents is 2. The number of aromatic hydroxyl groups is 2. The first-order chi connectivity index (χ1) is 14.3. The quantitative estimate of drug-likeness (QED) is 0.282. The van der Waals surface area contributed by atoms with Gasteiger partial charge in [0.1, 0.15) is 22.9 Å². The number of carboxylic acid groups (broad SMARTS) is 2. The maximum atomic E-state index is 12.4. The number of carbonyl (C=O) groups excluding carboxylic acids is 1. The summed E-state index contributed by atoms with van der Waals surface area (Å²) in [5, 5.41) is 41.7. The highest BCUT2D eigenvalue weighted by Crippen LogP contribution is 2.30. The average molecular weight is 428 g/mol. The molecule has 30 heavy (non-hydrogen) atoms. The zero-order valence-corrected chi connectivity index (χ0v) is 16.1. The summed E-state index contributed by atoms with van der Waals surface area (Å²) in [5.41, 5.74) is -0.722. The molecule has 0 aliphatic heterocycles. The van der Waals surface area contributed by atoms with Crippen molar-refractivity contribution >= 4 is 40.4 Å². The van der Waals surface area contributed by atoms with E-state index in [0.717, 1.165) is 11.8 Å².